The first kappa shape index (κ1) is 12.8. The average Bonchev–Trinajstić information content (AvgIpc) is 2.87. The van der Waals surface area contributed by atoms with Gasteiger partial charge in [-0.05, 0) is 39.5 Å². The molecule has 0 radical (unpaired) electrons. The highest BCUT2D eigenvalue weighted by Gasteiger charge is 2.10. The van der Waals surface area contributed by atoms with E-state index in [9.17, 15) is 4.39 Å². The predicted octanol–water partition coefficient (Wildman–Crippen LogP) is 4.00. The highest BCUT2D eigenvalue weighted by atomic mass is 79.9. The van der Waals surface area contributed by atoms with Crippen molar-refractivity contribution in [3.05, 3.63) is 56.4 Å². The largest absolute Gasteiger partial charge is 0.397 e. The fourth-order valence-electron chi connectivity index (χ4n) is 1.48. The maximum atomic E-state index is 13.4. The lowest BCUT2D eigenvalue weighted by Crippen LogP contribution is -2.00. The van der Waals surface area contributed by atoms with Crippen molar-refractivity contribution in [3.63, 3.8) is 0 Å². The molecule has 2 rings (SSSR count). The van der Waals surface area contributed by atoms with Crippen molar-refractivity contribution in [2.75, 3.05) is 0 Å². The van der Waals surface area contributed by atoms with Crippen molar-refractivity contribution < 1.29 is 4.39 Å². The van der Waals surface area contributed by atoms with Gasteiger partial charge in [-0.15, -0.1) is 11.3 Å². The number of benzene rings is 1. The van der Waals surface area contributed by atoms with Crippen molar-refractivity contribution >= 4 is 38.5 Å². The van der Waals surface area contributed by atoms with E-state index in [4.69, 9.17) is 11.0 Å². The topological polar surface area (TPSA) is 49.8 Å². The Labute approximate surface area is 116 Å². The fraction of sp³-hybridized carbons (Fsp3) is 0. The minimum Gasteiger partial charge on any atom is -0.397 e. The van der Waals surface area contributed by atoms with Gasteiger partial charge in [-0.25, -0.2) is 4.39 Å². The second-order valence-electron chi connectivity index (χ2n) is 3.51. The van der Waals surface area contributed by atoms with E-state index in [-0.39, 0.29) is 5.70 Å². The monoisotopic (exact) mass is 322 g/mol. The lowest BCUT2D eigenvalue weighted by Gasteiger charge is -2.05. The van der Waals surface area contributed by atoms with Crippen LogP contribution in [0.1, 0.15) is 10.4 Å². The molecule has 2 N–H and O–H groups in total. The van der Waals surface area contributed by atoms with E-state index in [2.05, 4.69) is 22.0 Å². The van der Waals surface area contributed by atoms with Gasteiger partial charge in [0.05, 0.1) is 15.7 Å². The van der Waals surface area contributed by atoms with Crippen LogP contribution in [-0.4, -0.2) is 0 Å². The molecule has 0 aliphatic rings. The van der Waals surface area contributed by atoms with Gasteiger partial charge in [0.25, 0.3) is 0 Å². The third-order valence-corrected chi connectivity index (χ3v) is 3.91. The first-order chi connectivity index (χ1) is 8.63. The summed E-state index contributed by atoms with van der Waals surface area (Å²) in [5, 5.41) is 11.0. The van der Waals surface area contributed by atoms with E-state index in [1.807, 2.05) is 17.5 Å². The summed E-state index contributed by atoms with van der Waals surface area (Å²) in [6.45, 7) is 0. The van der Waals surface area contributed by atoms with Crippen molar-refractivity contribution in [2.24, 2.45) is 5.73 Å². The Balaban J connectivity index is 2.54. The molecule has 1 heterocycles. The van der Waals surface area contributed by atoms with Gasteiger partial charge in [-0.3, -0.25) is 0 Å². The van der Waals surface area contributed by atoms with Crippen LogP contribution in [0.3, 0.4) is 0 Å². The molecule has 1 aromatic carbocycles. The Kier molecular flexibility index (Phi) is 3.80. The minimum absolute atomic E-state index is 0.284. The number of halogens is 2. The zero-order chi connectivity index (χ0) is 13.1. The van der Waals surface area contributed by atoms with Crippen LogP contribution in [0.4, 0.5) is 4.39 Å². The molecule has 0 aliphatic carbocycles. The predicted molar refractivity (Wildman–Crippen MR) is 75.0 cm³/mol. The summed E-state index contributed by atoms with van der Waals surface area (Å²) < 4.78 is 13.8. The van der Waals surface area contributed by atoms with Crippen LogP contribution in [0.15, 0.2) is 40.2 Å². The Hall–Kier alpha value is -1.64. The van der Waals surface area contributed by atoms with Crippen LogP contribution < -0.4 is 5.73 Å². The molecule has 0 fully saturated rings. The molecule has 0 aliphatic heterocycles. The lowest BCUT2D eigenvalue weighted by atomic mass is 10.1. The fourth-order valence-corrected chi connectivity index (χ4v) is 2.46. The average molecular weight is 323 g/mol. The molecule has 0 amide bonds. The van der Waals surface area contributed by atoms with E-state index in [1.165, 1.54) is 17.4 Å². The van der Waals surface area contributed by atoms with Gasteiger partial charge in [-0.1, -0.05) is 12.1 Å². The van der Waals surface area contributed by atoms with E-state index >= 15 is 0 Å². The summed E-state index contributed by atoms with van der Waals surface area (Å²) in [6.07, 6.45) is 0. The quantitative estimate of drug-likeness (QED) is 0.849. The second-order valence-corrected chi connectivity index (χ2v) is 5.31. The molecule has 2 aromatic rings. The standard InChI is InChI=1S/C13H8BrFN2S/c14-10-4-3-8(6-11(10)15)13(17)9(7-16)12-2-1-5-18-12/h1-6H,17H2/b13-9-. The molecule has 0 spiro atoms. The van der Waals surface area contributed by atoms with E-state index < -0.39 is 5.82 Å². The summed E-state index contributed by atoms with van der Waals surface area (Å²) in [6, 6.07) is 10.3. The Bertz CT molecular complexity index is 642. The van der Waals surface area contributed by atoms with Crippen molar-refractivity contribution in [1.82, 2.24) is 0 Å². The molecule has 0 unspecified atom stereocenters. The lowest BCUT2D eigenvalue weighted by molar-refractivity contribution is 0.620. The van der Waals surface area contributed by atoms with Gasteiger partial charge in [0.1, 0.15) is 11.9 Å². The van der Waals surface area contributed by atoms with Gasteiger partial charge in [0.15, 0.2) is 0 Å². The zero-order valence-electron chi connectivity index (χ0n) is 9.15. The normalized spacial score (nSPS) is 11.8. The van der Waals surface area contributed by atoms with Crippen LogP contribution in [0, 0.1) is 17.1 Å². The Morgan fingerprint density at radius 1 is 1.39 bits per heavy atom. The van der Waals surface area contributed by atoms with Crippen LogP contribution in [0.2, 0.25) is 0 Å². The first-order valence-electron chi connectivity index (χ1n) is 5.02. The molecule has 5 heteroatoms. The van der Waals surface area contributed by atoms with Crippen molar-refractivity contribution in [1.29, 1.82) is 5.26 Å². The molecule has 90 valence electrons. The van der Waals surface area contributed by atoms with Gasteiger partial charge in [0, 0.05) is 10.4 Å². The molecule has 0 atom stereocenters. The molecular formula is C13H8BrFN2S. The minimum atomic E-state index is -0.404. The number of rotatable bonds is 2. The zero-order valence-corrected chi connectivity index (χ0v) is 11.6. The summed E-state index contributed by atoms with van der Waals surface area (Å²) >= 11 is 4.50. The van der Waals surface area contributed by atoms with Crippen LogP contribution in [0.5, 0.6) is 0 Å². The number of hydrogen-bond donors (Lipinski definition) is 1. The molecule has 0 bridgehead atoms. The van der Waals surface area contributed by atoms with E-state index in [1.54, 1.807) is 12.1 Å². The number of nitriles is 1. The van der Waals surface area contributed by atoms with E-state index in [0.29, 0.717) is 15.6 Å². The van der Waals surface area contributed by atoms with Crippen LogP contribution in [0.25, 0.3) is 11.3 Å². The van der Waals surface area contributed by atoms with Gasteiger partial charge < -0.3 is 5.73 Å². The van der Waals surface area contributed by atoms with Gasteiger partial charge in [-0.2, -0.15) is 5.26 Å². The maximum absolute atomic E-state index is 13.4. The smallest absolute Gasteiger partial charge is 0.138 e. The Morgan fingerprint density at radius 3 is 2.72 bits per heavy atom. The second kappa shape index (κ2) is 5.34. The summed E-state index contributed by atoms with van der Waals surface area (Å²) in [4.78, 5) is 0.776. The van der Waals surface area contributed by atoms with E-state index in [0.717, 1.165) is 4.88 Å². The number of allylic oxidation sites excluding steroid dienone is 1. The molecule has 18 heavy (non-hydrogen) atoms. The molecule has 2 nitrogen and oxygen atoms in total. The molecule has 0 saturated heterocycles. The van der Waals surface area contributed by atoms with Crippen LogP contribution in [-0.2, 0) is 0 Å². The van der Waals surface area contributed by atoms with Crippen molar-refractivity contribution in [2.45, 2.75) is 0 Å². The molecular weight excluding hydrogens is 315 g/mol. The highest BCUT2D eigenvalue weighted by Crippen LogP contribution is 2.27. The summed E-state index contributed by atoms with van der Waals surface area (Å²) in [5.74, 6) is -0.404. The van der Waals surface area contributed by atoms with Gasteiger partial charge in [0.2, 0.25) is 0 Å². The van der Waals surface area contributed by atoms with Crippen molar-refractivity contribution in [3.8, 4) is 6.07 Å². The Morgan fingerprint density at radius 2 is 2.17 bits per heavy atom. The molecule has 1 aromatic heterocycles. The van der Waals surface area contributed by atoms with Crippen LogP contribution >= 0.6 is 27.3 Å². The third kappa shape index (κ3) is 2.45. The number of hydrogen-bond acceptors (Lipinski definition) is 3. The SMILES string of the molecule is N#C/C(=C(/N)c1ccc(Br)c(F)c1)c1cccs1. The number of thiophene rings is 1. The number of nitrogens with two attached hydrogens (primary N) is 1. The molecule has 0 saturated carbocycles. The number of nitrogens with zero attached hydrogens (tertiary/aromatic N) is 1. The highest BCUT2D eigenvalue weighted by molar-refractivity contribution is 9.10. The van der Waals surface area contributed by atoms with Gasteiger partial charge >= 0.3 is 0 Å². The maximum Gasteiger partial charge on any atom is 0.138 e. The first-order valence-corrected chi connectivity index (χ1v) is 6.70. The summed E-state index contributed by atoms with van der Waals surface area (Å²) in [7, 11) is 0. The summed E-state index contributed by atoms with van der Waals surface area (Å²) in [5.41, 5.74) is 7.09. The third-order valence-electron chi connectivity index (χ3n) is 2.38.